The van der Waals surface area contributed by atoms with E-state index < -0.39 is 0 Å². The summed E-state index contributed by atoms with van der Waals surface area (Å²) in [6.07, 6.45) is 4.05. The van der Waals surface area contributed by atoms with Gasteiger partial charge in [0.25, 0.3) is 5.91 Å². The van der Waals surface area contributed by atoms with Gasteiger partial charge in [-0.1, -0.05) is 18.3 Å². The van der Waals surface area contributed by atoms with E-state index in [4.69, 9.17) is 4.74 Å². The topological polar surface area (TPSA) is 81.1 Å². The first-order chi connectivity index (χ1) is 11.6. The number of aromatic nitrogens is 4. The monoisotopic (exact) mass is 347 g/mol. The molecule has 3 rings (SSSR count). The molecule has 2 aromatic rings. The highest BCUT2D eigenvalue weighted by Gasteiger charge is 2.28. The Balaban J connectivity index is 1.72. The first-order valence-electron chi connectivity index (χ1n) is 8.09. The van der Waals surface area contributed by atoms with Crippen molar-refractivity contribution in [3.8, 4) is 0 Å². The highest BCUT2D eigenvalue weighted by atomic mass is 32.1. The molecule has 1 aliphatic heterocycles. The molecule has 1 saturated heterocycles. The van der Waals surface area contributed by atoms with E-state index in [0.29, 0.717) is 31.2 Å². The van der Waals surface area contributed by atoms with Gasteiger partial charge in [-0.15, -0.1) is 5.10 Å². The van der Waals surface area contributed by atoms with Crippen molar-refractivity contribution in [1.82, 2.24) is 24.5 Å². The maximum Gasteiger partial charge on any atom is 0.267 e. The van der Waals surface area contributed by atoms with E-state index in [1.54, 1.807) is 12.5 Å². The van der Waals surface area contributed by atoms with Crippen molar-refractivity contribution in [2.75, 3.05) is 26.3 Å². The van der Waals surface area contributed by atoms with Crippen molar-refractivity contribution in [3.05, 3.63) is 34.9 Å². The molecule has 0 unspecified atom stereocenters. The molecule has 0 spiro atoms. The number of hydrogen-bond acceptors (Lipinski definition) is 7. The van der Waals surface area contributed by atoms with E-state index >= 15 is 0 Å². The number of amides is 1. The molecular weight excluding hydrogens is 326 g/mol. The van der Waals surface area contributed by atoms with Crippen molar-refractivity contribution in [2.45, 2.75) is 26.2 Å². The molecule has 0 aliphatic carbocycles. The summed E-state index contributed by atoms with van der Waals surface area (Å²) in [5, 5.41) is 4.11. The first kappa shape index (κ1) is 16.9. The molecule has 0 aromatic carbocycles. The normalized spacial score (nSPS) is 18.6. The average Bonchev–Trinajstić information content (AvgIpc) is 2.96. The summed E-state index contributed by atoms with van der Waals surface area (Å²) in [4.78, 5) is 23.6. The number of ether oxygens (including phenoxy) is 1. The van der Waals surface area contributed by atoms with E-state index in [1.807, 2.05) is 24.8 Å². The fourth-order valence-corrected chi connectivity index (χ4v) is 3.58. The van der Waals surface area contributed by atoms with Crippen LogP contribution in [0.1, 0.15) is 40.8 Å². The van der Waals surface area contributed by atoms with Crippen LogP contribution in [0.2, 0.25) is 0 Å². The van der Waals surface area contributed by atoms with Crippen molar-refractivity contribution in [1.29, 1.82) is 0 Å². The third-order valence-electron chi connectivity index (χ3n) is 4.02. The Hall–Kier alpha value is -1.93. The molecule has 2 aromatic heterocycles. The lowest BCUT2D eigenvalue weighted by atomic mass is 10.0. The molecule has 0 saturated carbocycles. The Morgan fingerprint density at radius 3 is 3.12 bits per heavy atom. The van der Waals surface area contributed by atoms with Crippen LogP contribution in [0.15, 0.2) is 18.6 Å². The van der Waals surface area contributed by atoms with Gasteiger partial charge in [0.15, 0.2) is 0 Å². The minimum atomic E-state index is 0.00638. The van der Waals surface area contributed by atoms with E-state index in [-0.39, 0.29) is 17.7 Å². The highest BCUT2D eigenvalue weighted by Crippen LogP contribution is 2.23. The molecule has 7 nitrogen and oxygen atoms in total. The summed E-state index contributed by atoms with van der Waals surface area (Å²) in [7, 11) is 0. The van der Waals surface area contributed by atoms with Crippen LogP contribution in [0.5, 0.6) is 0 Å². The number of carbonyl (C=O) groups is 1. The predicted molar refractivity (Wildman–Crippen MR) is 89.9 cm³/mol. The van der Waals surface area contributed by atoms with Gasteiger partial charge in [-0.3, -0.25) is 4.79 Å². The largest absolute Gasteiger partial charge is 0.379 e. The lowest BCUT2D eigenvalue weighted by Crippen LogP contribution is -2.36. The number of hydrogen-bond donors (Lipinski definition) is 0. The number of carbonyl (C=O) groups excluding carboxylic acids is 1. The van der Waals surface area contributed by atoms with E-state index in [0.717, 1.165) is 17.8 Å². The van der Waals surface area contributed by atoms with Crippen molar-refractivity contribution in [3.63, 3.8) is 0 Å². The Labute approximate surface area is 145 Å². The zero-order chi connectivity index (χ0) is 16.9. The standard InChI is InChI=1S/C16H21N5O2S/c1-11(2)14-15(24-20-19-14)16(22)21-5-6-23-9-12(8-21)7-13-3-4-17-10-18-13/h3-4,10-12H,5-9H2,1-2H3/t12-/m1/s1. The smallest absolute Gasteiger partial charge is 0.267 e. The second kappa shape index (κ2) is 7.76. The highest BCUT2D eigenvalue weighted by molar-refractivity contribution is 7.08. The Morgan fingerprint density at radius 2 is 2.38 bits per heavy atom. The van der Waals surface area contributed by atoms with Crippen LogP contribution in [-0.4, -0.2) is 56.7 Å². The molecule has 1 amide bonds. The molecule has 1 aliphatic rings. The minimum Gasteiger partial charge on any atom is -0.379 e. The fourth-order valence-electron chi connectivity index (χ4n) is 2.79. The molecule has 0 N–H and O–H groups in total. The number of nitrogens with zero attached hydrogens (tertiary/aromatic N) is 5. The van der Waals surface area contributed by atoms with Gasteiger partial charge in [0.1, 0.15) is 11.2 Å². The van der Waals surface area contributed by atoms with Gasteiger partial charge in [0.05, 0.1) is 18.9 Å². The molecule has 3 heterocycles. The van der Waals surface area contributed by atoms with E-state index in [1.165, 1.54) is 11.5 Å². The average molecular weight is 347 g/mol. The maximum atomic E-state index is 12.9. The van der Waals surface area contributed by atoms with E-state index in [9.17, 15) is 4.79 Å². The molecule has 1 fully saturated rings. The quantitative estimate of drug-likeness (QED) is 0.839. The van der Waals surface area contributed by atoms with Crippen molar-refractivity contribution < 1.29 is 9.53 Å². The molecule has 1 atom stereocenters. The first-order valence-corrected chi connectivity index (χ1v) is 8.86. The number of rotatable bonds is 4. The Morgan fingerprint density at radius 1 is 1.50 bits per heavy atom. The summed E-state index contributed by atoms with van der Waals surface area (Å²) < 4.78 is 9.66. The van der Waals surface area contributed by atoms with Gasteiger partial charge in [-0.05, 0) is 29.9 Å². The van der Waals surface area contributed by atoms with Gasteiger partial charge in [-0.25, -0.2) is 9.97 Å². The maximum absolute atomic E-state index is 12.9. The Kier molecular flexibility index (Phi) is 5.47. The minimum absolute atomic E-state index is 0.00638. The van der Waals surface area contributed by atoms with Crippen LogP contribution < -0.4 is 0 Å². The van der Waals surface area contributed by atoms with E-state index in [2.05, 4.69) is 19.6 Å². The van der Waals surface area contributed by atoms with Crippen LogP contribution >= 0.6 is 11.5 Å². The summed E-state index contributed by atoms with van der Waals surface area (Å²) >= 11 is 1.18. The lowest BCUT2D eigenvalue weighted by Gasteiger charge is -2.23. The van der Waals surface area contributed by atoms with Gasteiger partial charge >= 0.3 is 0 Å². The molecule has 0 bridgehead atoms. The van der Waals surface area contributed by atoms with Gasteiger partial charge in [-0.2, -0.15) is 0 Å². The molecule has 24 heavy (non-hydrogen) atoms. The van der Waals surface area contributed by atoms with Gasteiger partial charge in [0, 0.05) is 30.9 Å². The van der Waals surface area contributed by atoms with Crippen LogP contribution in [0, 0.1) is 5.92 Å². The van der Waals surface area contributed by atoms with Gasteiger partial charge in [0.2, 0.25) is 0 Å². The predicted octanol–water partition coefficient (Wildman–Crippen LogP) is 1.78. The van der Waals surface area contributed by atoms with Crippen LogP contribution in [0.3, 0.4) is 0 Å². The van der Waals surface area contributed by atoms with Crippen molar-refractivity contribution >= 4 is 17.4 Å². The van der Waals surface area contributed by atoms with Gasteiger partial charge < -0.3 is 9.64 Å². The van der Waals surface area contributed by atoms with Crippen LogP contribution in [-0.2, 0) is 11.2 Å². The lowest BCUT2D eigenvalue weighted by molar-refractivity contribution is 0.0740. The van der Waals surface area contributed by atoms with Crippen LogP contribution in [0.25, 0.3) is 0 Å². The molecule has 128 valence electrons. The zero-order valence-electron chi connectivity index (χ0n) is 13.9. The zero-order valence-corrected chi connectivity index (χ0v) is 14.7. The van der Waals surface area contributed by atoms with Crippen LogP contribution in [0.4, 0.5) is 0 Å². The summed E-state index contributed by atoms with van der Waals surface area (Å²) in [5.74, 6) is 0.407. The summed E-state index contributed by atoms with van der Waals surface area (Å²) in [6, 6.07) is 1.90. The SMILES string of the molecule is CC(C)c1nnsc1C(=O)N1CCOC[C@H](Cc2ccncn2)C1. The molecule has 8 heteroatoms. The van der Waals surface area contributed by atoms with Crippen molar-refractivity contribution in [2.24, 2.45) is 5.92 Å². The summed E-state index contributed by atoms with van der Waals surface area (Å²) in [6.45, 7) is 6.47. The summed E-state index contributed by atoms with van der Waals surface area (Å²) in [5.41, 5.74) is 1.75. The third-order valence-corrected chi connectivity index (χ3v) is 4.75. The second-order valence-electron chi connectivity index (χ2n) is 6.24. The second-order valence-corrected chi connectivity index (χ2v) is 6.99. The fraction of sp³-hybridized carbons (Fsp3) is 0.562. The third kappa shape index (κ3) is 3.93. The molecule has 0 radical (unpaired) electrons. The Bertz CT molecular complexity index is 676. The molecular formula is C16H21N5O2S.